The third-order valence-electron chi connectivity index (χ3n) is 4.35. The first-order valence-corrected chi connectivity index (χ1v) is 9.06. The summed E-state index contributed by atoms with van der Waals surface area (Å²) < 4.78 is 5.50. The molecule has 0 bridgehead atoms. The molecule has 0 heterocycles. The van der Waals surface area contributed by atoms with E-state index in [9.17, 15) is 9.59 Å². The zero-order chi connectivity index (χ0) is 19.1. The van der Waals surface area contributed by atoms with E-state index in [0.717, 1.165) is 5.56 Å². The molecular weight excluding hydrogens is 326 g/mol. The third kappa shape index (κ3) is 5.45. The number of rotatable bonds is 8. The Balaban J connectivity index is 1.85. The fraction of sp³-hybridized carbons (Fsp3) is 0.364. The highest BCUT2D eigenvalue weighted by Crippen LogP contribution is 2.18. The number of hydrogen-bond donors (Lipinski definition) is 1. The molecule has 0 aliphatic carbocycles. The maximum absolute atomic E-state index is 12.1. The van der Waals surface area contributed by atoms with Crippen molar-refractivity contribution in [2.24, 2.45) is 0 Å². The molecule has 0 spiro atoms. The van der Waals surface area contributed by atoms with E-state index >= 15 is 0 Å². The molecule has 0 aliphatic heterocycles. The van der Waals surface area contributed by atoms with Crippen molar-refractivity contribution in [1.82, 2.24) is 5.32 Å². The van der Waals surface area contributed by atoms with Gasteiger partial charge in [0.05, 0.1) is 6.04 Å². The van der Waals surface area contributed by atoms with Crippen molar-refractivity contribution in [1.29, 1.82) is 0 Å². The fourth-order valence-corrected chi connectivity index (χ4v) is 2.63. The average Bonchev–Trinajstić information content (AvgIpc) is 2.66. The SMILES string of the molecule is CCC(=O)c1ccc(OCC(=O)N[C@@H](C)c2ccc(C(C)C)cc2)cc1. The number of carbonyl (C=O) groups excluding carboxylic acids is 2. The van der Waals surface area contributed by atoms with Crippen molar-refractivity contribution in [2.45, 2.75) is 46.1 Å². The Kier molecular flexibility index (Phi) is 6.96. The maximum Gasteiger partial charge on any atom is 0.258 e. The number of nitrogens with one attached hydrogen (secondary N) is 1. The first-order chi connectivity index (χ1) is 12.4. The molecule has 0 aliphatic rings. The van der Waals surface area contributed by atoms with E-state index in [-0.39, 0.29) is 24.3 Å². The quantitative estimate of drug-likeness (QED) is 0.702. The number of ether oxygens (including phenoxy) is 1. The molecular formula is C22H27NO3. The largest absolute Gasteiger partial charge is 0.484 e. The number of hydrogen-bond acceptors (Lipinski definition) is 3. The smallest absolute Gasteiger partial charge is 0.258 e. The molecule has 0 fully saturated rings. The van der Waals surface area contributed by atoms with Gasteiger partial charge in [0.15, 0.2) is 12.4 Å². The van der Waals surface area contributed by atoms with Crippen molar-refractivity contribution in [3.05, 3.63) is 65.2 Å². The topological polar surface area (TPSA) is 55.4 Å². The monoisotopic (exact) mass is 353 g/mol. The Bertz CT molecular complexity index is 733. The normalized spacial score (nSPS) is 11.9. The molecule has 2 aromatic carbocycles. The second kappa shape index (κ2) is 9.18. The molecule has 2 rings (SSSR count). The number of Topliss-reactive ketones (excluding diaryl/α,β-unsaturated/α-hetero) is 1. The summed E-state index contributed by atoms with van der Waals surface area (Å²) in [7, 11) is 0. The van der Waals surface area contributed by atoms with Crippen LogP contribution in [0.25, 0.3) is 0 Å². The van der Waals surface area contributed by atoms with Gasteiger partial charge in [0.25, 0.3) is 5.91 Å². The van der Waals surface area contributed by atoms with Gasteiger partial charge in [-0.25, -0.2) is 0 Å². The van der Waals surface area contributed by atoms with Gasteiger partial charge in [-0.05, 0) is 48.2 Å². The lowest BCUT2D eigenvalue weighted by molar-refractivity contribution is -0.123. The van der Waals surface area contributed by atoms with Crippen molar-refractivity contribution in [3.63, 3.8) is 0 Å². The Hall–Kier alpha value is -2.62. The summed E-state index contributed by atoms with van der Waals surface area (Å²) in [5.41, 5.74) is 2.99. The number of ketones is 1. The summed E-state index contributed by atoms with van der Waals surface area (Å²) in [5.74, 6) is 0.967. The number of amides is 1. The average molecular weight is 353 g/mol. The first-order valence-electron chi connectivity index (χ1n) is 9.06. The molecule has 0 saturated heterocycles. The molecule has 4 heteroatoms. The van der Waals surface area contributed by atoms with Crippen LogP contribution in [0.1, 0.15) is 67.6 Å². The molecule has 1 amide bonds. The molecule has 4 nitrogen and oxygen atoms in total. The Morgan fingerprint density at radius 2 is 1.50 bits per heavy atom. The highest BCUT2D eigenvalue weighted by atomic mass is 16.5. The van der Waals surface area contributed by atoms with Crippen molar-refractivity contribution in [2.75, 3.05) is 6.61 Å². The predicted molar refractivity (Wildman–Crippen MR) is 104 cm³/mol. The number of carbonyl (C=O) groups is 2. The summed E-state index contributed by atoms with van der Waals surface area (Å²) in [5, 5.41) is 2.94. The van der Waals surface area contributed by atoms with Gasteiger partial charge in [-0.1, -0.05) is 45.0 Å². The van der Waals surface area contributed by atoms with Gasteiger partial charge in [-0.15, -0.1) is 0 Å². The zero-order valence-electron chi connectivity index (χ0n) is 15.9. The summed E-state index contributed by atoms with van der Waals surface area (Å²) in [6, 6.07) is 15.1. The second-order valence-electron chi connectivity index (χ2n) is 6.70. The summed E-state index contributed by atoms with van der Waals surface area (Å²) in [6.07, 6.45) is 0.471. The Morgan fingerprint density at radius 1 is 0.923 bits per heavy atom. The van der Waals surface area contributed by atoms with Crippen LogP contribution >= 0.6 is 0 Å². The minimum atomic E-state index is -0.181. The van der Waals surface area contributed by atoms with Crippen molar-refractivity contribution >= 4 is 11.7 Å². The van der Waals surface area contributed by atoms with E-state index in [4.69, 9.17) is 4.74 Å². The molecule has 0 saturated carbocycles. The summed E-state index contributed by atoms with van der Waals surface area (Å²) in [6.45, 7) is 8.03. The van der Waals surface area contributed by atoms with Gasteiger partial charge >= 0.3 is 0 Å². The summed E-state index contributed by atoms with van der Waals surface area (Å²) in [4.78, 5) is 23.7. The standard InChI is InChI=1S/C22H27NO3/c1-5-21(24)19-10-12-20(13-11-19)26-14-22(25)23-16(4)18-8-6-17(7-9-18)15(2)3/h6-13,15-16H,5,14H2,1-4H3,(H,23,25)/t16-/m0/s1. The molecule has 26 heavy (non-hydrogen) atoms. The van der Waals surface area contributed by atoms with Crippen LogP contribution in [-0.2, 0) is 4.79 Å². The third-order valence-corrected chi connectivity index (χ3v) is 4.35. The van der Waals surface area contributed by atoms with Crippen molar-refractivity contribution < 1.29 is 14.3 Å². The molecule has 1 atom stereocenters. The van der Waals surface area contributed by atoms with E-state index < -0.39 is 0 Å². The second-order valence-corrected chi connectivity index (χ2v) is 6.70. The fourth-order valence-electron chi connectivity index (χ4n) is 2.63. The van der Waals surface area contributed by atoms with Crippen molar-refractivity contribution in [3.8, 4) is 5.75 Å². The van der Waals surface area contributed by atoms with Crippen LogP contribution in [0.4, 0.5) is 0 Å². The lowest BCUT2D eigenvalue weighted by Crippen LogP contribution is -2.31. The van der Waals surface area contributed by atoms with E-state index in [1.165, 1.54) is 5.56 Å². The molecule has 0 unspecified atom stereocenters. The lowest BCUT2D eigenvalue weighted by atomic mass is 9.99. The highest BCUT2D eigenvalue weighted by Gasteiger charge is 2.11. The number of benzene rings is 2. The molecule has 1 N–H and O–H groups in total. The van der Waals surface area contributed by atoms with E-state index in [0.29, 0.717) is 23.7 Å². The van der Waals surface area contributed by atoms with E-state index in [1.807, 2.05) is 26.0 Å². The van der Waals surface area contributed by atoms with Crippen LogP contribution in [0.3, 0.4) is 0 Å². The van der Waals surface area contributed by atoms with Crippen LogP contribution in [0.5, 0.6) is 5.75 Å². The van der Waals surface area contributed by atoms with Crippen LogP contribution in [0.15, 0.2) is 48.5 Å². The minimum Gasteiger partial charge on any atom is -0.484 e. The van der Waals surface area contributed by atoms with Gasteiger partial charge in [0.1, 0.15) is 5.75 Å². The summed E-state index contributed by atoms with van der Waals surface area (Å²) >= 11 is 0. The molecule has 138 valence electrons. The van der Waals surface area contributed by atoms with E-state index in [1.54, 1.807) is 24.3 Å². The molecule has 2 aromatic rings. The van der Waals surface area contributed by atoms with Crippen LogP contribution in [-0.4, -0.2) is 18.3 Å². The van der Waals surface area contributed by atoms with Gasteiger partial charge < -0.3 is 10.1 Å². The van der Waals surface area contributed by atoms with Gasteiger partial charge in [0.2, 0.25) is 0 Å². The highest BCUT2D eigenvalue weighted by molar-refractivity contribution is 5.95. The Morgan fingerprint density at radius 3 is 2.04 bits per heavy atom. The van der Waals surface area contributed by atoms with Gasteiger partial charge in [-0.2, -0.15) is 0 Å². The maximum atomic E-state index is 12.1. The molecule has 0 aromatic heterocycles. The molecule has 0 radical (unpaired) electrons. The first kappa shape index (κ1) is 19.7. The predicted octanol–water partition coefficient (Wildman–Crippen LogP) is 4.66. The van der Waals surface area contributed by atoms with Crippen LogP contribution in [0, 0.1) is 0 Å². The van der Waals surface area contributed by atoms with E-state index in [2.05, 4.69) is 31.3 Å². The lowest BCUT2D eigenvalue weighted by Gasteiger charge is -2.16. The Labute approximate surface area is 155 Å². The van der Waals surface area contributed by atoms with Crippen LogP contribution in [0.2, 0.25) is 0 Å². The minimum absolute atomic E-state index is 0.0600. The van der Waals surface area contributed by atoms with Crippen LogP contribution < -0.4 is 10.1 Å². The van der Waals surface area contributed by atoms with Gasteiger partial charge in [0, 0.05) is 12.0 Å². The van der Waals surface area contributed by atoms with Gasteiger partial charge in [-0.3, -0.25) is 9.59 Å². The zero-order valence-corrected chi connectivity index (χ0v) is 15.9.